The van der Waals surface area contributed by atoms with Gasteiger partial charge in [0.1, 0.15) is 5.75 Å². The van der Waals surface area contributed by atoms with Gasteiger partial charge in [0, 0.05) is 17.1 Å². The molecule has 0 heterocycles. The number of halogens is 1. The summed E-state index contributed by atoms with van der Waals surface area (Å²) in [6.07, 6.45) is 1.08. The second kappa shape index (κ2) is 7.85. The Balaban J connectivity index is 1.74. The van der Waals surface area contributed by atoms with E-state index in [2.05, 4.69) is 18.3 Å². The van der Waals surface area contributed by atoms with Gasteiger partial charge in [0.05, 0.1) is 6.61 Å². The smallest absolute Gasteiger partial charge is 0.224 e. The number of amides is 1. The second-order valence-electron chi connectivity index (χ2n) is 5.21. The molecule has 2 rings (SSSR count). The Morgan fingerprint density at radius 3 is 2.73 bits per heavy atom. The van der Waals surface area contributed by atoms with E-state index in [1.165, 1.54) is 5.56 Å². The Labute approximate surface area is 136 Å². The quantitative estimate of drug-likeness (QED) is 0.780. The molecule has 4 heteroatoms. The van der Waals surface area contributed by atoms with E-state index >= 15 is 0 Å². The average molecular weight is 318 g/mol. The fourth-order valence-electron chi connectivity index (χ4n) is 2.09. The van der Waals surface area contributed by atoms with E-state index in [4.69, 9.17) is 16.3 Å². The first-order valence-corrected chi connectivity index (χ1v) is 7.68. The van der Waals surface area contributed by atoms with Gasteiger partial charge >= 0.3 is 0 Å². The van der Waals surface area contributed by atoms with Crippen LogP contribution >= 0.6 is 11.6 Å². The highest BCUT2D eigenvalue weighted by atomic mass is 35.5. The summed E-state index contributed by atoms with van der Waals surface area (Å²) in [5.41, 5.74) is 3.06. The Bertz CT molecular complexity index is 655. The Hall–Kier alpha value is -2.00. The van der Waals surface area contributed by atoms with Crippen molar-refractivity contribution in [3.63, 3.8) is 0 Å². The molecular weight excluding hydrogens is 298 g/mol. The summed E-state index contributed by atoms with van der Waals surface area (Å²) >= 11 is 5.88. The molecule has 3 nitrogen and oxygen atoms in total. The van der Waals surface area contributed by atoms with Gasteiger partial charge in [-0.3, -0.25) is 4.79 Å². The predicted octanol–water partition coefficient (Wildman–Crippen LogP) is 4.75. The third-order valence-corrected chi connectivity index (χ3v) is 3.70. The van der Waals surface area contributed by atoms with Crippen molar-refractivity contribution in [3.8, 4) is 5.75 Å². The van der Waals surface area contributed by atoms with E-state index in [-0.39, 0.29) is 5.91 Å². The molecule has 0 unspecified atom stereocenters. The normalized spacial score (nSPS) is 10.3. The van der Waals surface area contributed by atoms with Crippen molar-refractivity contribution >= 4 is 23.2 Å². The summed E-state index contributed by atoms with van der Waals surface area (Å²) in [5.74, 6) is 0.849. The molecular formula is C18H20ClNO2. The zero-order chi connectivity index (χ0) is 15.9. The fourth-order valence-corrected chi connectivity index (χ4v) is 2.28. The van der Waals surface area contributed by atoms with Crippen LogP contribution < -0.4 is 10.1 Å². The lowest BCUT2D eigenvalue weighted by molar-refractivity contribution is -0.116. The van der Waals surface area contributed by atoms with Gasteiger partial charge in [0.2, 0.25) is 5.91 Å². The minimum absolute atomic E-state index is 0.0353. The first-order chi connectivity index (χ1) is 10.6. The van der Waals surface area contributed by atoms with E-state index in [1.54, 1.807) is 12.1 Å². The van der Waals surface area contributed by atoms with Gasteiger partial charge in [-0.25, -0.2) is 0 Å². The van der Waals surface area contributed by atoms with Gasteiger partial charge in [-0.05, 0) is 55.7 Å². The highest BCUT2D eigenvalue weighted by Crippen LogP contribution is 2.20. The maximum Gasteiger partial charge on any atom is 0.224 e. The Morgan fingerprint density at radius 2 is 1.95 bits per heavy atom. The predicted molar refractivity (Wildman–Crippen MR) is 90.7 cm³/mol. The van der Waals surface area contributed by atoms with Crippen LogP contribution in [0.25, 0.3) is 0 Å². The Kier molecular flexibility index (Phi) is 5.84. The largest absolute Gasteiger partial charge is 0.493 e. The zero-order valence-corrected chi connectivity index (χ0v) is 13.6. The molecule has 0 aliphatic rings. The molecule has 0 saturated heterocycles. The van der Waals surface area contributed by atoms with Gasteiger partial charge in [0.25, 0.3) is 0 Å². The number of benzene rings is 2. The number of ether oxygens (including phenoxy) is 1. The third-order valence-electron chi connectivity index (χ3n) is 3.47. The summed E-state index contributed by atoms with van der Waals surface area (Å²) in [6.45, 7) is 4.62. The van der Waals surface area contributed by atoms with Crippen LogP contribution in [-0.2, 0) is 4.79 Å². The topological polar surface area (TPSA) is 38.3 Å². The van der Waals surface area contributed by atoms with E-state index in [1.807, 2.05) is 31.2 Å². The van der Waals surface area contributed by atoms with Crippen molar-refractivity contribution in [1.82, 2.24) is 0 Å². The van der Waals surface area contributed by atoms with E-state index < -0.39 is 0 Å². The van der Waals surface area contributed by atoms with Crippen molar-refractivity contribution in [1.29, 1.82) is 0 Å². The van der Waals surface area contributed by atoms with Crippen molar-refractivity contribution in [2.75, 3.05) is 11.9 Å². The second-order valence-corrected chi connectivity index (χ2v) is 5.65. The van der Waals surface area contributed by atoms with Crippen LogP contribution in [0.15, 0.2) is 42.5 Å². The van der Waals surface area contributed by atoms with Gasteiger partial charge in [0.15, 0.2) is 0 Å². The van der Waals surface area contributed by atoms with Crippen LogP contribution in [0.2, 0.25) is 5.02 Å². The number of aryl methyl sites for hydroxylation is 1. The van der Waals surface area contributed by atoms with Crippen molar-refractivity contribution in [2.24, 2.45) is 0 Å². The summed E-state index contributed by atoms with van der Waals surface area (Å²) in [4.78, 5) is 11.8. The number of hydrogen-bond donors (Lipinski definition) is 1. The van der Waals surface area contributed by atoms with Crippen molar-refractivity contribution in [2.45, 2.75) is 26.7 Å². The standard InChI is InChI=1S/C18H20ClNO2/c1-13-6-3-9-17(14(13)2)22-11-5-10-18(21)20-16-8-4-7-15(19)12-16/h3-4,6-9,12H,5,10-11H2,1-2H3,(H,20,21). The van der Waals surface area contributed by atoms with Crippen LogP contribution in [0, 0.1) is 13.8 Å². The lowest BCUT2D eigenvalue weighted by Gasteiger charge is -2.11. The van der Waals surface area contributed by atoms with Crippen LogP contribution in [0.3, 0.4) is 0 Å². The lowest BCUT2D eigenvalue weighted by Crippen LogP contribution is -2.12. The highest BCUT2D eigenvalue weighted by molar-refractivity contribution is 6.30. The molecule has 1 N–H and O–H groups in total. The number of nitrogens with one attached hydrogen (secondary N) is 1. The van der Waals surface area contributed by atoms with Gasteiger partial charge in [-0.15, -0.1) is 0 Å². The van der Waals surface area contributed by atoms with E-state index in [9.17, 15) is 4.79 Å². The van der Waals surface area contributed by atoms with Crippen LogP contribution in [0.1, 0.15) is 24.0 Å². The van der Waals surface area contributed by atoms with Crippen LogP contribution in [0.4, 0.5) is 5.69 Å². The minimum Gasteiger partial charge on any atom is -0.493 e. The van der Waals surface area contributed by atoms with Gasteiger partial charge in [-0.1, -0.05) is 29.8 Å². The summed E-state index contributed by atoms with van der Waals surface area (Å²) in [7, 11) is 0. The van der Waals surface area contributed by atoms with Gasteiger partial charge < -0.3 is 10.1 Å². The molecule has 1 amide bonds. The molecule has 2 aromatic rings. The molecule has 0 aliphatic carbocycles. The molecule has 0 atom stereocenters. The SMILES string of the molecule is Cc1cccc(OCCCC(=O)Nc2cccc(Cl)c2)c1C. The summed E-state index contributed by atoms with van der Waals surface area (Å²) in [5, 5.41) is 3.43. The molecule has 2 aromatic carbocycles. The van der Waals surface area contributed by atoms with Crippen molar-refractivity contribution in [3.05, 3.63) is 58.6 Å². The third kappa shape index (κ3) is 4.78. The molecule has 0 radical (unpaired) electrons. The molecule has 0 aromatic heterocycles. The molecule has 116 valence electrons. The average Bonchev–Trinajstić information content (AvgIpc) is 2.48. The lowest BCUT2D eigenvalue weighted by atomic mass is 10.1. The maximum absolute atomic E-state index is 11.8. The summed E-state index contributed by atoms with van der Waals surface area (Å²) < 4.78 is 5.74. The highest BCUT2D eigenvalue weighted by Gasteiger charge is 2.05. The first-order valence-electron chi connectivity index (χ1n) is 7.30. The fraction of sp³-hybridized carbons (Fsp3) is 0.278. The van der Waals surface area contributed by atoms with Crippen molar-refractivity contribution < 1.29 is 9.53 Å². The number of hydrogen-bond acceptors (Lipinski definition) is 2. The van der Waals surface area contributed by atoms with Crippen LogP contribution in [-0.4, -0.2) is 12.5 Å². The minimum atomic E-state index is -0.0353. The molecule has 0 fully saturated rings. The number of carbonyl (C=O) groups excluding carboxylic acids is 1. The number of anilines is 1. The molecule has 0 saturated carbocycles. The first kappa shape index (κ1) is 16.4. The molecule has 0 aliphatic heterocycles. The number of rotatable bonds is 6. The molecule has 0 spiro atoms. The van der Waals surface area contributed by atoms with Gasteiger partial charge in [-0.2, -0.15) is 0 Å². The van der Waals surface area contributed by atoms with E-state index in [0.717, 1.165) is 11.3 Å². The molecule has 0 bridgehead atoms. The van der Waals surface area contributed by atoms with E-state index in [0.29, 0.717) is 30.2 Å². The Morgan fingerprint density at radius 1 is 1.18 bits per heavy atom. The molecule has 22 heavy (non-hydrogen) atoms. The maximum atomic E-state index is 11.8. The monoisotopic (exact) mass is 317 g/mol. The zero-order valence-electron chi connectivity index (χ0n) is 12.9. The number of carbonyl (C=O) groups is 1. The van der Waals surface area contributed by atoms with Crippen LogP contribution in [0.5, 0.6) is 5.75 Å². The summed E-state index contributed by atoms with van der Waals surface area (Å²) in [6, 6.07) is 13.1.